The number of hydrogen-bond donors (Lipinski definition) is 1. The summed E-state index contributed by atoms with van der Waals surface area (Å²) >= 11 is 0. The Morgan fingerprint density at radius 1 is 1.12 bits per heavy atom. The molecule has 2 N–H and O–H groups in total. The average Bonchev–Trinajstić information content (AvgIpc) is 3.03. The topological polar surface area (TPSA) is 91.1 Å². The van der Waals surface area contributed by atoms with Gasteiger partial charge in [-0.05, 0) is 59.3 Å². The van der Waals surface area contributed by atoms with E-state index in [0.29, 0.717) is 6.54 Å². The fourth-order valence-corrected chi connectivity index (χ4v) is 3.60. The summed E-state index contributed by atoms with van der Waals surface area (Å²) in [5, 5.41) is 0. The van der Waals surface area contributed by atoms with Crippen molar-refractivity contribution in [2.75, 3.05) is 13.7 Å². The first-order valence-electron chi connectivity index (χ1n) is 9.19. The maximum Gasteiger partial charge on any atom is 0.410 e. The standard InChI is InChI=1S/C18H32N2O5/c1-18(2,3)25-17(22)20-11-5-6-14(20)15(19)24-13-9-7-12(8-10-13)16(21)23-4/h12-15H,5-11,19H2,1-4H3/t12-,13-,14-,15?/m0/s1. The monoisotopic (exact) mass is 356 g/mol. The van der Waals surface area contributed by atoms with Crippen LogP contribution in [0.2, 0.25) is 0 Å². The van der Waals surface area contributed by atoms with Gasteiger partial charge >= 0.3 is 12.1 Å². The molecule has 1 unspecified atom stereocenters. The van der Waals surface area contributed by atoms with Crippen LogP contribution in [-0.4, -0.2) is 54.6 Å². The third kappa shape index (κ3) is 5.57. The molecule has 1 saturated carbocycles. The van der Waals surface area contributed by atoms with Crippen LogP contribution in [0.1, 0.15) is 59.3 Å². The molecule has 1 aliphatic heterocycles. The molecule has 25 heavy (non-hydrogen) atoms. The summed E-state index contributed by atoms with van der Waals surface area (Å²) in [5.74, 6) is -0.180. The van der Waals surface area contributed by atoms with Gasteiger partial charge in [-0.2, -0.15) is 0 Å². The molecule has 0 aromatic rings. The highest BCUT2D eigenvalue weighted by Crippen LogP contribution is 2.29. The number of amides is 1. The number of carbonyl (C=O) groups is 2. The van der Waals surface area contributed by atoms with E-state index in [1.165, 1.54) is 7.11 Å². The molecule has 2 rings (SSSR count). The first kappa shape index (κ1) is 20.0. The minimum atomic E-state index is -0.533. The third-order valence-corrected chi connectivity index (χ3v) is 4.86. The number of likely N-dealkylation sites (tertiary alicyclic amines) is 1. The second-order valence-electron chi connectivity index (χ2n) is 7.98. The number of ether oxygens (including phenoxy) is 3. The van der Waals surface area contributed by atoms with E-state index in [2.05, 4.69) is 0 Å². The maximum absolute atomic E-state index is 12.4. The molecule has 1 amide bonds. The van der Waals surface area contributed by atoms with Crippen molar-refractivity contribution >= 4 is 12.1 Å². The van der Waals surface area contributed by atoms with Crippen LogP contribution in [0.4, 0.5) is 4.79 Å². The summed E-state index contributed by atoms with van der Waals surface area (Å²) in [7, 11) is 1.42. The lowest BCUT2D eigenvalue weighted by Crippen LogP contribution is -2.50. The first-order valence-corrected chi connectivity index (χ1v) is 9.19. The molecule has 7 heteroatoms. The highest BCUT2D eigenvalue weighted by atomic mass is 16.6. The maximum atomic E-state index is 12.4. The summed E-state index contributed by atoms with van der Waals surface area (Å²) < 4.78 is 16.3. The zero-order valence-corrected chi connectivity index (χ0v) is 15.8. The van der Waals surface area contributed by atoms with Gasteiger partial charge < -0.3 is 24.8 Å². The lowest BCUT2D eigenvalue weighted by atomic mass is 9.87. The fraction of sp³-hybridized carbons (Fsp3) is 0.889. The van der Waals surface area contributed by atoms with Gasteiger partial charge in [0.05, 0.1) is 25.2 Å². The summed E-state index contributed by atoms with van der Waals surface area (Å²) in [4.78, 5) is 25.6. The number of rotatable bonds is 4. The minimum absolute atomic E-state index is 0.0250. The van der Waals surface area contributed by atoms with Crippen LogP contribution in [0.15, 0.2) is 0 Å². The molecular formula is C18H32N2O5. The zero-order valence-electron chi connectivity index (χ0n) is 15.8. The second-order valence-corrected chi connectivity index (χ2v) is 7.98. The summed E-state index contributed by atoms with van der Waals surface area (Å²) in [6.07, 6.45) is 3.96. The predicted molar refractivity (Wildman–Crippen MR) is 92.8 cm³/mol. The van der Waals surface area contributed by atoms with Gasteiger partial charge in [-0.15, -0.1) is 0 Å². The van der Waals surface area contributed by atoms with E-state index in [0.717, 1.165) is 38.5 Å². The zero-order chi connectivity index (χ0) is 18.6. The van der Waals surface area contributed by atoms with Crippen LogP contribution in [0.3, 0.4) is 0 Å². The predicted octanol–water partition coefficient (Wildman–Crippen LogP) is 2.42. The van der Waals surface area contributed by atoms with Crippen LogP contribution in [-0.2, 0) is 19.0 Å². The van der Waals surface area contributed by atoms with Crippen LogP contribution in [0, 0.1) is 5.92 Å². The van der Waals surface area contributed by atoms with Crippen molar-refractivity contribution < 1.29 is 23.8 Å². The number of carbonyl (C=O) groups excluding carboxylic acids is 2. The van der Waals surface area contributed by atoms with E-state index in [-0.39, 0.29) is 30.1 Å². The highest BCUT2D eigenvalue weighted by Gasteiger charge is 2.38. The van der Waals surface area contributed by atoms with E-state index >= 15 is 0 Å². The smallest absolute Gasteiger partial charge is 0.410 e. The van der Waals surface area contributed by atoms with E-state index < -0.39 is 11.8 Å². The Labute approximate surface area is 150 Å². The Balaban J connectivity index is 1.84. The van der Waals surface area contributed by atoms with Gasteiger partial charge in [0.25, 0.3) is 0 Å². The molecule has 1 saturated heterocycles. The molecule has 0 bridgehead atoms. The second kappa shape index (κ2) is 8.36. The van der Waals surface area contributed by atoms with E-state index in [9.17, 15) is 9.59 Å². The SMILES string of the molecule is COC(=O)[C@H]1CC[C@H](OC(N)[C@@H]2CCCN2C(=O)OC(C)(C)C)CC1. The molecule has 2 fully saturated rings. The lowest BCUT2D eigenvalue weighted by molar-refractivity contribution is -0.148. The molecule has 2 atom stereocenters. The molecule has 7 nitrogen and oxygen atoms in total. The van der Waals surface area contributed by atoms with E-state index in [1.54, 1.807) is 4.90 Å². The van der Waals surface area contributed by atoms with Crippen molar-refractivity contribution in [3.8, 4) is 0 Å². The van der Waals surface area contributed by atoms with Gasteiger partial charge in [0.15, 0.2) is 0 Å². The molecule has 1 aliphatic carbocycles. The number of hydrogen-bond acceptors (Lipinski definition) is 6. The molecule has 0 spiro atoms. The Bertz CT molecular complexity index is 469. The Morgan fingerprint density at radius 2 is 1.76 bits per heavy atom. The summed E-state index contributed by atoms with van der Waals surface area (Å²) in [5.41, 5.74) is 5.73. The van der Waals surface area contributed by atoms with Crippen molar-refractivity contribution in [3.63, 3.8) is 0 Å². The van der Waals surface area contributed by atoms with Gasteiger partial charge in [-0.3, -0.25) is 4.79 Å². The normalized spacial score (nSPS) is 28.5. The molecular weight excluding hydrogens is 324 g/mol. The van der Waals surface area contributed by atoms with E-state index in [4.69, 9.17) is 19.9 Å². The fourth-order valence-electron chi connectivity index (χ4n) is 3.60. The highest BCUT2D eigenvalue weighted by molar-refractivity contribution is 5.72. The quantitative estimate of drug-likeness (QED) is 0.614. The van der Waals surface area contributed by atoms with Crippen LogP contribution >= 0.6 is 0 Å². The number of methoxy groups -OCH3 is 1. The lowest BCUT2D eigenvalue weighted by Gasteiger charge is -2.34. The minimum Gasteiger partial charge on any atom is -0.469 e. The van der Waals surface area contributed by atoms with Crippen LogP contribution < -0.4 is 5.73 Å². The summed E-state index contributed by atoms with van der Waals surface area (Å²) in [6, 6.07) is -0.159. The molecule has 0 aromatic heterocycles. The van der Waals surface area contributed by atoms with Crippen molar-refractivity contribution in [3.05, 3.63) is 0 Å². The molecule has 0 aromatic carbocycles. The van der Waals surface area contributed by atoms with Crippen LogP contribution in [0.5, 0.6) is 0 Å². The largest absolute Gasteiger partial charge is 0.469 e. The molecule has 1 heterocycles. The Kier molecular flexibility index (Phi) is 6.68. The Morgan fingerprint density at radius 3 is 2.32 bits per heavy atom. The van der Waals surface area contributed by atoms with Crippen molar-refractivity contribution in [1.29, 1.82) is 0 Å². The summed E-state index contributed by atoms with van der Waals surface area (Å²) in [6.45, 7) is 6.20. The number of nitrogens with two attached hydrogens (primary N) is 1. The van der Waals surface area contributed by atoms with Gasteiger partial charge in [0.1, 0.15) is 11.8 Å². The van der Waals surface area contributed by atoms with Gasteiger partial charge in [-0.1, -0.05) is 0 Å². The third-order valence-electron chi connectivity index (χ3n) is 4.86. The van der Waals surface area contributed by atoms with Gasteiger partial charge in [0, 0.05) is 6.54 Å². The van der Waals surface area contributed by atoms with Gasteiger partial charge in [0.2, 0.25) is 0 Å². The average molecular weight is 356 g/mol. The van der Waals surface area contributed by atoms with Crippen LogP contribution in [0.25, 0.3) is 0 Å². The van der Waals surface area contributed by atoms with Gasteiger partial charge in [-0.25, -0.2) is 4.79 Å². The molecule has 144 valence electrons. The molecule has 2 aliphatic rings. The Hall–Kier alpha value is -1.34. The van der Waals surface area contributed by atoms with Crippen molar-refractivity contribution in [1.82, 2.24) is 4.90 Å². The van der Waals surface area contributed by atoms with E-state index in [1.807, 2.05) is 20.8 Å². The van der Waals surface area contributed by atoms with Crippen molar-refractivity contribution in [2.24, 2.45) is 11.7 Å². The number of esters is 1. The van der Waals surface area contributed by atoms with Crippen molar-refractivity contribution in [2.45, 2.75) is 83.3 Å². The molecule has 0 radical (unpaired) electrons. The first-order chi connectivity index (χ1) is 11.7. The number of nitrogens with zero attached hydrogens (tertiary/aromatic N) is 1.